The number of likely N-dealkylation sites (N-methyl/N-ethyl adjacent to an activating group) is 1. The summed E-state index contributed by atoms with van der Waals surface area (Å²) in [7, 11) is 2.11. The molecule has 0 aromatic carbocycles. The van der Waals surface area contributed by atoms with Crippen molar-refractivity contribution >= 4 is 5.91 Å². The summed E-state index contributed by atoms with van der Waals surface area (Å²) in [6, 6.07) is 0.260. The van der Waals surface area contributed by atoms with Gasteiger partial charge in [-0.3, -0.25) is 9.69 Å². The first kappa shape index (κ1) is 14.5. The molecule has 6 nitrogen and oxygen atoms in total. The van der Waals surface area contributed by atoms with Crippen molar-refractivity contribution in [3.05, 3.63) is 17.8 Å². The smallest absolute Gasteiger partial charge is 0.276 e. The summed E-state index contributed by atoms with van der Waals surface area (Å²) in [6.45, 7) is 7.82. The summed E-state index contributed by atoms with van der Waals surface area (Å²) in [5, 5.41) is 0. The van der Waals surface area contributed by atoms with Gasteiger partial charge in [0.25, 0.3) is 5.91 Å². The zero-order valence-electron chi connectivity index (χ0n) is 12.9. The van der Waals surface area contributed by atoms with Gasteiger partial charge in [0.15, 0.2) is 12.1 Å². The molecule has 2 saturated heterocycles. The van der Waals surface area contributed by atoms with Crippen LogP contribution in [-0.2, 0) is 4.74 Å². The lowest BCUT2D eigenvalue weighted by atomic mass is 10.1. The highest BCUT2D eigenvalue weighted by molar-refractivity contribution is 5.93. The lowest BCUT2D eigenvalue weighted by Crippen LogP contribution is -2.45. The topological polar surface area (TPSA) is 58.8 Å². The van der Waals surface area contributed by atoms with Gasteiger partial charge in [-0.25, -0.2) is 4.98 Å². The van der Waals surface area contributed by atoms with Gasteiger partial charge < -0.3 is 14.1 Å². The Morgan fingerprint density at radius 3 is 2.90 bits per heavy atom. The summed E-state index contributed by atoms with van der Waals surface area (Å²) in [5.74, 6) is 1.18. The summed E-state index contributed by atoms with van der Waals surface area (Å²) >= 11 is 0. The summed E-state index contributed by atoms with van der Waals surface area (Å²) < 4.78 is 11.1. The van der Waals surface area contributed by atoms with E-state index in [0.29, 0.717) is 30.5 Å². The van der Waals surface area contributed by atoms with Gasteiger partial charge in [-0.2, -0.15) is 0 Å². The van der Waals surface area contributed by atoms with E-state index in [0.717, 1.165) is 19.7 Å². The van der Waals surface area contributed by atoms with Crippen molar-refractivity contribution in [1.82, 2.24) is 14.8 Å². The maximum atomic E-state index is 12.8. The number of fused-ring (bicyclic) bond motifs is 3. The second-order valence-corrected chi connectivity index (χ2v) is 6.43. The Morgan fingerprint density at radius 1 is 1.33 bits per heavy atom. The number of rotatable bonds is 2. The molecule has 6 heteroatoms. The van der Waals surface area contributed by atoms with E-state index >= 15 is 0 Å². The minimum absolute atomic E-state index is 0.0142. The molecule has 0 saturated carbocycles. The van der Waals surface area contributed by atoms with Crippen molar-refractivity contribution in [2.45, 2.75) is 25.8 Å². The zero-order chi connectivity index (χ0) is 15.0. The minimum atomic E-state index is -0.0142. The molecule has 0 aliphatic carbocycles. The van der Waals surface area contributed by atoms with Crippen LogP contribution >= 0.6 is 0 Å². The molecule has 2 aliphatic heterocycles. The van der Waals surface area contributed by atoms with Crippen LogP contribution in [0.15, 0.2) is 10.8 Å². The van der Waals surface area contributed by atoms with E-state index in [4.69, 9.17) is 9.15 Å². The van der Waals surface area contributed by atoms with E-state index in [1.165, 1.54) is 6.39 Å². The molecular weight excluding hydrogens is 270 g/mol. The average molecular weight is 293 g/mol. The first-order valence-corrected chi connectivity index (χ1v) is 7.57. The monoisotopic (exact) mass is 293 g/mol. The first-order chi connectivity index (χ1) is 10.1. The number of hydrogen-bond donors (Lipinski definition) is 0. The largest absolute Gasteiger partial charge is 0.447 e. The van der Waals surface area contributed by atoms with E-state index < -0.39 is 0 Å². The molecular formula is C15H23N3O3. The Kier molecular flexibility index (Phi) is 3.99. The molecule has 2 fully saturated rings. The summed E-state index contributed by atoms with van der Waals surface area (Å²) in [5.41, 5.74) is 0.466. The van der Waals surface area contributed by atoms with Crippen molar-refractivity contribution in [2.75, 3.05) is 39.9 Å². The van der Waals surface area contributed by atoms with Crippen LogP contribution in [0.4, 0.5) is 0 Å². The normalized spacial score (nSPS) is 27.0. The second-order valence-electron chi connectivity index (χ2n) is 6.43. The molecule has 0 N–H and O–H groups in total. The van der Waals surface area contributed by atoms with E-state index in [1.54, 1.807) is 0 Å². The Balaban J connectivity index is 1.83. The molecule has 2 atom stereocenters. The number of carbonyl (C=O) groups is 1. The maximum Gasteiger partial charge on any atom is 0.276 e. The third-order valence-corrected chi connectivity index (χ3v) is 4.35. The highest BCUT2D eigenvalue weighted by atomic mass is 16.5. The Morgan fingerprint density at radius 2 is 2.14 bits per heavy atom. The third kappa shape index (κ3) is 2.82. The van der Waals surface area contributed by atoms with E-state index in [-0.39, 0.29) is 17.9 Å². The van der Waals surface area contributed by atoms with Gasteiger partial charge in [-0.15, -0.1) is 0 Å². The molecule has 0 spiro atoms. The number of nitrogens with zero attached hydrogens (tertiary/aromatic N) is 3. The van der Waals surface area contributed by atoms with Gasteiger partial charge >= 0.3 is 0 Å². The van der Waals surface area contributed by atoms with Crippen LogP contribution in [0.1, 0.15) is 36.0 Å². The molecule has 1 aromatic rings. The van der Waals surface area contributed by atoms with Crippen molar-refractivity contribution in [2.24, 2.45) is 5.92 Å². The fourth-order valence-corrected chi connectivity index (χ4v) is 3.19. The summed E-state index contributed by atoms with van der Waals surface area (Å²) in [4.78, 5) is 21.2. The van der Waals surface area contributed by atoms with Crippen molar-refractivity contribution in [3.8, 4) is 0 Å². The number of aromatic nitrogens is 1. The number of ether oxygens (including phenoxy) is 1. The van der Waals surface area contributed by atoms with Crippen LogP contribution < -0.4 is 0 Å². The van der Waals surface area contributed by atoms with Crippen LogP contribution in [0, 0.1) is 5.92 Å². The number of hydrogen-bond acceptors (Lipinski definition) is 5. The fraction of sp³-hybridized carbons (Fsp3) is 0.733. The van der Waals surface area contributed by atoms with Crippen LogP contribution in [0.5, 0.6) is 0 Å². The molecule has 116 valence electrons. The average Bonchev–Trinajstić information content (AvgIpc) is 2.77. The van der Waals surface area contributed by atoms with E-state index in [2.05, 4.69) is 16.9 Å². The summed E-state index contributed by atoms with van der Waals surface area (Å²) in [6.07, 6.45) is 1.37. The quantitative estimate of drug-likeness (QED) is 0.820. The molecule has 3 rings (SSSR count). The van der Waals surface area contributed by atoms with E-state index in [9.17, 15) is 4.79 Å². The molecule has 1 aromatic heterocycles. The lowest BCUT2D eigenvalue weighted by molar-refractivity contribution is 0.0429. The maximum absolute atomic E-state index is 12.8. The number of amides is 1. The molecule has 1 amide bonds. The fourth-order valence-electron chi connectivity index (χ4n) is 3.19. The molecule has 2 aliphatic rings. The van der Waals surface area contributed by atoms with Crippen LogP contribution in [0.3, 0.4) is 0 Å². The number of carbonyl (C=O) groups excluding carboxylic acids is 1. The molecule has 0 radical (unpaired) electrons. The SMILES string of the molecule is CC(C)c1ocnc1C(=O)N1C[C@@H]2COC[C@H](C1)N(C)C2. The van der Waals surface area contributed by atoms with Crippen LogP contribution in [0.2, 0.25) is 0 Å². The van der Waals surface area contributed by atoms with Gasteiger partial charge in [0.05, 0.1) is 19.3 Å². The minimum Gasteiger partial charge on any atom is -0.447 e. The molecule has 3 heterocycles. The zero-order valence-corrected chi connectivity index (χ0v) is 12.9. The van der Waals surface area contributed by atoms with Crippen molar-refractivity contribution < 1.29 is 13.9 Å². The molecule has 21 heavy (non-hydrogen) atoms. The van der Waals surface area contributed by atoms with E-state index in [1.807, 2.05) is 18.7 Å². The first-order valence-electron chi connectivity index (χ1n) is 7.57. The van der Waals surface area contributed by atoms with Gasteiger partial charge in [0.2, 0.25) is 0 Å². The predicted molar refractivity (Wildman–Crippen MR) is 77.2 cm³/mol. The molecule has 2 bridgehead atoms. The van der Waals surface area contributed by atoms with Crippen molar-refractivity contribution in [1.29, 1.82) is 0 Å². The predicted octanol–water partition coefficient (Wildman–Crippen LogP) is 1.20. The van der Waals surface area contributed by atoms with Crippen LogP contribution in [0.25, 0.3) is 0 Å². The van der Waals surface area contributed by atoms with Gasteiger partial charge in [0.1, 0.15) is 5.76 Å². The Bertz CT molecular complexity index is 514. The Hall–Kier alpha value is -1.40. The standard InChI is InChI=1S/C15H23N3O3/c1-10(2)14-13(16-9-21-14)15(19)18-5-11-4-17(3)12(6-18)8-20-7-11/h9-12H,4-8H2,1-3H3/t11-,12+/m1/s1. The lowest BCUT2D eigenvalue weighted by Gasteiger charge is -2.29. The van der Waals surface area contributed by atoms with Crippen molar-refractivity contribution in [3.63, 3.8) is 0 Å². The van der Waals surface area contributed by atoms with Gasteiger partial charge in [-0.05, 0) is 7.05 Å². The second kappa shape index (κ2) is 5.77. The Labute approximate surface area is 125 Å². The molecule has 0 unspecified atom stereocenters. The van der Waals surface area contributed by atoms with Gasteiger partial charge in [0, 0.05) is 31.5 Å². The van der Waals surface area contributed by atoms with Crippen LogP contribution in [-0.4, -0.2) is 66.6 Å². The highest BCUT2D eigenvalue weighted by Crippen LogP contribution is 2.23. The number of oxazole rings is 1. The third-order valence-electron chi connectivity index (χ3n) is 4.35. The van der Waals surface area contributed by atoms with Gasteiger partial charge in [-0.1, -0.05) is 13.8 Å². The highest BCUT2D eigenvalue weighted by Gasteiger charge is 2.35.